The van der Waals surface area contributed by atoms with E-state index in [1.165, 1.54) is 0 Å². The van der Waals surface area contributed by atoms with Crippen LogP contribution in [0.15, 0.2) is 58.7 Å². The summed E-state index contributed by atoms with van der Waals surface area (Å²) in [4.78, 5) is 22.9. The molecule has 0 bridgehead atoms. The second-order valence-corrected chi connectivity index (χ2v) is 13.6. The minimum Gasteiger partial charge on any atom is -0.481 e. The van der Waals surface area contributed by atoms with Crippen molar-refractivity contribution in [2.75, 3.05) is 0 Å². The number of carboxylic acid groups (broad SMARTS) is 2. The molecule has 0 heterocycles. The number of aliphatic hydroxyl groups is 2. The third kappa shape index (κ3) is 8.54. The Kier molecular flexibility index (Phi) is 9.82. The van der Waals surface area contributed by atoms with E-state index in [2.05, 4.69) is 39.8 Å². The average Bonchev–Trinajstić information content (AvgIpc) is 2.76. The quantitative estimate of drug-likeness (QED) is 0.212. The van der Waals surface area contributed by atoms with E-state index in [4.69, 9.17) is 0 Å². The summed E-state index contributed by atoms with van der Waals surface area (Å²) in [6.45, 7) is 15.2. The van der Waals surface area contributed by atoms with Gasteiger partial charge in [0.2, 0.25) is 0 Å². The van der Waals surface area contributed by atoms with E-state index in [0.29, 0.717) is 38.5 Å². The molecule has 6 nitrogen and oxygen atoms in total. The Morgan fingerprint density at radius 2 is 1.03 bits per heavy atom. The largest absolute Gasteiger partial charge is 0.481 e. The van der Waals surface area contributed by atoms with Crippen molar-refractivity contribution in [1.29, 1.82) is 0 Å². The van der Waals surface area contributed by atoms with Crippen molar-refractivity contribution in [3.05, 3.63) is 58.7 Å². The summed E-state index contributed by atoms with van der Waals surface area (Å²) in [7, 11) is 0. The maximum absolute atomic E-state index is 11.4. The first-order valence-corrected chi connectivity index (χ1v) is 13.7. The van der Waals surface area contributed by atoms with Crippen molar-refractivity contribution >= 4 is 11.9 Å². The molecule has 2 aliphatic rings. The van der Waals surface area contributed by atoms with E-state index >= 15 is 0 Å². The van der Waals surface area contributed by atoms with Gasteiger partial charge >= 0.3 is 11.9 Å². The van der Waals surface area contributed by atoms with Crippen LogP contribution in [0.2, 0.25) is 0 Å². The fourth-order valence-electron chi connectivity index (χ4n) is 5.21. The Hall–Kier alpha value is -2.44. The molecule has 2 rings (SSSR count). The molecule has 0 saturated carbocycles. The number of aliphatic carboxylic acids is 2. The average molecular weight is 529 g/mol. The minimum atomic E-state index is -0.819. The molecule has 0 amide bonds. The standard InChI is InChI=1S/C32H48O6/c1-29(2)17-21(11-9-15-31(5,6)27(35)36)25(33)23(19-29)13-14-24-20-30(3,4)18-22(26(24)34)12-10-16-32(7,8)28(37)38/h13-14,17-20,25-26,33-34H,9-12,15-16H2,1-8H3,(H,35,36)(H,37,38). The van der Waals surface area contributed by atoms with Crippen molar-refractivity contribution in [2.45, 2.75) is 106 Å². The van der Waals surface area contributed by atoms with E-state index in [1.807, 2.05) is 24.3 Å². The van der Waals surface area contributed by atoms with Crippen molar-refractivity contribution in [3.8, 4) is 0 Å². The number of aliphatic hydroxyl groups excluding tert-OH is 2. The van der Waals surface area contributed by atoms with Gasteiger partial charge in [-0.3, -0.25) is 9.59 Å². The Bertz CT molecular complexity index is 978. The lowest BCUT2D eigenvalue weighted by Gasteiger charge is -2.31. The molecule has 0 aliphatic heterocycles. The van der Waals surface area contributed by atoms with Gasteiger partial charge in [0.05, 0.1) is 23.0 Å². The summed E-state index contributed by atoms with van der Waals surface area (Å²) >= 11 is 0. The Labute approximate surface area is 228 Å². The normalized spacial score (nSPS) is 23.4. The zero-order valence-corrected chi connectivity index (χ0v) is 24.5. The topological polar surface area (TPSA) is 115 Å². The molecule has 0 saturated heterocycles. The van der Waals surface area contributed by atoms with Gasteiger partial charge < -0.3 is 20.4 Å². The molecule has 2 unspecified atom stereocenters. The molecular weight excluding hydrogens is 480 g/mol. The number of carboxylic acids is 2. The molecule has 0 aromatic heterocycles. The second kappa shape index (κ2) is 11.7. The fraction of sp³-hybridized carbons (Fsp3) is 0.625. The maximum atomic E-state index is 11.4. The van der Waals surface area contributed by atoms with Crippen LogP contribution in [0.1, 0.15) is 93.9 Å². The summed E-state index contributed by atoms with van der Waals surface area (Å²) < 4.78 is 0. The molecule has 0 aromatic carbocycles. The van der Waals surface area contributed by atoms with Crippen LogP contribution >= 0.6 is 0 Å². The van der Waals surface area contributed by atoms with Crippen LogP contribution < -0.4 is 0 Å². The van der Waals surface area contributed by atoms with Crippen LogP contribution in [0.5, 0.6) is 0 Å². The van der Waals surface area contributed by atoms with Gasteiger partial charge in [0.15, 0.2) is 0 Å². The SMILES string of the molecule is CC1(C)C=C(C=CC2=CC(C)(C)C=C(CCCC(C)(C)C(=O)O)C2O)C(O)C(CCCC(C)(C)C(=O)O)=C1. The summed E-state index contributed by atoms with van der Waals surface area (Å²) in [5.41, 5.74) is 1.15. The van der Waals surface area contributed by atoms with Crippen molar-refractivity contribution in [3.63, 3.8) is 0 Å². The van der Waals surface area contributed by atoms with Crippen LogP contribution in [-0.2, 0) is 9.59 Å². The van der Waals surface area contributed by atoms with E-state index in [0.717, 1.165) is 22.3 Å². The van der Waals surface area contributed by atoms with E-state index in [9.17, 15) is 30.0 Å². The van der Waals surface area contributed by atoms with E-state index < -0.39 is 35.0 Å². The third-order valence-electron chi connectivity index (χ3n) is 7.69. The molecule has 2 atom stereocenters. The maximum Gasteiger partial charge on any atom is 0.309 e. The third-order valence-corrected chi connectivity index (χ3v) is 7.69. The molecule has 0 aromatic rings. The number of hydrogen-bond acceptors (Lipinski definition) is 4. The van der Waals surface area contributed by atoms with E-state index in [1.54, 1.807) is 27.7 Å². The highest BCUT2D eigenvalue weighted by atomic mass is 16.4. The lowest BCUT2D eigenvalue weighted by molar-refractivity contribution is -0.148. The zero-order valence-electron chi connectivity index (χ0n) is 24.5. The predicted octanol–water partition coefficient (Wildman–Crippen LogP) is 6.61. The van der Waals surface area contributed by atoms with Crippen LogP contribution in [0.25, 0.3) is 0 Å². The fourth-order valence-corrected chi connectivity index (χ4v) is 5.21. The summed E-state index contributed by atoms with van der Waals surface area (Å²) in [5.74, 6) is -1.64. The van der Waals surface area contributed by atoms with Gasteiger partial charge in [-0.15, -0.1) is 0 Å². The predicted molar refractivity (Wildman–Crippen MR) is 152 cm³/mol. The first kappa shape index (κ1) is 31.8. The lowest BCUT2D eigenvalue weighted by atomic mass is 9.76. The lowest BCUT2D eigenvalue weighted by Crippen LogP contribution is -2.26. The monoisotopic (exact) mass is 528 g/mol. The molecule has 0 spiro atoms. The van der Waals surface area contributed by atoms with Gasteiger partial charge in [0.1, 0.15) is 0 Å². The molecule has 4 N–H and O–H groups in total. The van der Waals surface area contributed by atoms with Gasteiger partial charge in [0.25, 0.3) is 0 Å². The van der Waals surface area contributed by atoms with Crippen molar-refractivity contribution < 1.29 is 30.0 Å². The van der Waals surface area contributed by atoms with Gasteiger partial charge in [-0.25, -0.2) is 0 Å². The first-order valence-electron chi connectivity index (χ1n) is 13.7. The van der Waals surface area contributed by atoms with Gasteiger partial charge in [-0.2, -0.15) is 0 Å². The Morgan fingerprint density at radius 3 is 1.32 bits per heavy atom. The number of carbonyl (C=O) groups is 2. The summed E-state index contributed by atoms with van der Waals surface area (Å²) in [6, 6.07) is 0. The molecule has 2 aliphatic carbocycles. The van der Waals surface area contributed by atoms with Gasteiger partial charge in [-0.05, 0) is 88.5 Å². The minimum absolute atomic E-state index is 0.266. The molecule has 6 heteroatoms. The summed E-state index contributed by atoms with van der Waals surface area (Å²) in [5, 5.41) is 41.1. The first-order chi connectivity index (χ1) is 17.3. The number of allylic oxidation sites excluding steroid dienone is 4. The summed E-state index contributed by atoms with van der Waals surface area (Å²) in [6.07, 6.45) is 14.0. The van der Waals surface area contributed by atoms with Gasteiger partial charge in [-0.1, -0.05) is 64.2 Å². The van der Waals surface area contributed by atoms with Crippen LogP contribution in [0.3, 0.4) is 0 Å². The molecule has 212 valence electrons. The molecule has 0 fully saturated rings. The van der Waals surface area contributed by atoms with Gasteiger partial charge in [0, 0.05) is 10.8 Å². The number of hydrogen-bond donors (Lipinski definition) is 4. The smallest absolute Gasteiger partial charge is 0.309 e. The molecular formula is C32H48O6. The van der Waals surface area contributed by atoms with Crippen LogP contribution in [0.4, 0.5) is 0 Å². The second-order valence-electron chi connectivity index (χ2n) is 13.6. The van der Waals surface area contributed by atoms with Crippen molar-refractivity contribution in [2.24, 2.45) is 21.7 Å². The van der Waals surface area contributed by atoms with Crippen LogP contribution in [0, 0.1) is 21.7 Å². The van der Waals surface area contributed by atoms with Crippen LogP contribution in [-0.4, -0.2) is 44.6 Å². The Balaban J connectivity index is 2.15. The zero-order chi connectivity index (χ0) is 29.1. The Morgan fingerprint density at radius 1 is 0.711 bits per heavy atom. The number of rotatable bonds is 12. The molecule has 38 heavy (non-hydrogen) atoms. The highest BCUT2D eigenvalue weighted by Gasteiger charge is 2.31. The van der Waals surface area contributed by atoms with Crippen molar-refractivity contribution in [1.82, 2.24) is 0 Å². The van der Waals surface area contributed by atoms with E-state index in [-0.39, 0.29) is 10.8 Å². The highest BCUT2D eigenvalue weighted by Crippen LogP contribution is 2.38. The molecule has 0 radical (unpaired) electrons. The highest BCUT2D eigenvalue weighted by molar-refractivity contribution is 5.73.